The molecular weight excluding hydrogens is 296 g/mol. The number of aliphatic hydroxyl groups is 1. The molecule has 0 fully saturated rings. The number of rotatable bonds is 15. The number of hydrogen-bond donors (Lipinski definition) is 1. The zero-order chi connectivity index (χ0) is 17.5. The average Bonchev–Trinajstić information content (AvgIpc) is 2.61. The van der Waals surface area contributed by atoms with E-state index >= 15 is 0 Å². The van der Waals surface area contributed by atoms with E-state index in [1.807, 2.05) is 0 Å². The van der Waals surface area contributed by atoms with Crippen molar-refractivity contribution in [1.82, 2.24) is 0 Å². The molecule has 0 amide bonds. The number of unbranched alkanes of at least 4 members (excludes halogenated alkanes) is 8. The van der Waals surface area contributed by atoms with Crippen LogP contribution in [0.5, 0.6) is 0 Å². The molecular formula is C22H38O2. The van der Waals surface area contributed by atoms with E-state index in [1.165, 1.54) is 75.3 Å². The largest absolute Gasteiger partial charge is 0.394 e. The van der Waals surface area contributed by atoms with Crippen molar-refractivity contribution < 1.29 is 9.84 Å². The molecule has 0 radical (unpaired) electrons. The highest BCUT2D eigenvalue weighted by Gasteiger charge is 2.05. The third-order valence-electron chi connectivity index (χ3n) is 4.79. The van der Waals surface area contributed by atoms with E-state index < -0.39 is 0 Å². The number of ether oxygens (including phenoxy) is 1. The van der Waals surface area contributed by atoms with Gasteiger partial charge in [0, 0.05) is 0 Å². The molecule has 0 saturated carbocycles. The van der Waals surface area contributed by atoms with Gasteiger partial charge in [-0.05, 0) is 23.5 Å². The molecule has 2 heteroatoms. The molecule has 0 aliphatic carbocycles. The first-order chi connectivity index (χ1) is 11.8. The minimum atomic E-state index is 0.0911. The van der Waals surface area contributed by atoms with Gasteiger partial charge in [-0.25, -0.2) is 0 Å². The second kappa shape index (κ2) is 14.5. The topological polar surface area (TPSA) is 29.5 Å². The Morgan fingerprint density at radius 1 is 0.875 bits per heavy atom. The van der Waals surface area contributed by atoms with Crippen LogP contribution in [0.1, 0.15) is 95.1 Å². The van der Waals surface area contributed by atoms with Crippen LogP contribution < -0.4 is 0 Å². The van der Waals surface area contributed by atoms with E-state index in [1.54, 1.807) is 0 Å². The van der Waals surface area contributed by atoms with Crippen molar-refractivity contribution in [2.45, 2.75) is 90.6 Å². The first kappa shape index (κ1) is 21.2. The Hall–Kier alpha value is -0.860. The first-order valence-electron chi connectivity index (χ1n) is 10.0. The van der Waals surface area contributed by atoms with Gasteiger partial charge < -0.3 is 9.84 Å². The summed E-state index contributed by atoms with van der Waals surface area (Å²) in [5.41, 5.74) is 2.61. The third-order valence-corrected chi connectivity index (χ3v) is 4.79. The van der Waals surface area contributed by atoms with E-state index in [9.17, 15) is 0 Å². The van der Waals surface area contributed by atoms with Crippen LogP contribution in [0.2, 0.25) is 0 Å². The molecule has 0 aliphatic heterocycles. The monoisotopic (exact) mass is 334 g/mol. The lowest BCUT2D eigenvalue weighted by molar-refractivity contribution is 0.0815. The minimum absolute atomic E-state index is 0.0911. The fourth-order valence-corrected chi connectivity index (χ4v) is 3.12. The molecule has 1 N–H and O–H groups in total. The summed E-state index contributed by atoms with van der Waals surface area (Å²) < 4.78 is 5.35. The van der Waals surface area contributed by atoms with Crippen molar-refractivity contribution in [3.05, 3.63) is 35.4 Å². The summed E-state index contributed by atoms with van der Waals surface area (Å²) in [5, 5.41) is 8.72. The van der Waals surface area contributed by atoms with Crippen LogP contribution in [-0.4, -0.2) is 18.3 Å². The van der Waals surface area contributed by atoms with Crippen molar-refractivity contribution in [1.29, 1.82) is 0 Å². The second-order valence-electron chi connectivity index (χ2n) is 7.04. The van der Waals surface area contributed by atoms with Crippen LogP contribution in [0, 0.1) is 0 Å². The Morgan fingerprint density at radius 3 is 2.04 bits per heavy atom. The highest BCUT2D eigenvalue weighted by molar-refractivity contribution is 5.24. The zero-order valence-corrected chi connectivity index (χ0v) is 15.9. The van der Waals surface area contributed by atoms with Crippen molar-refractivity contribution >= 4 is 0 Å². The van der Waals surface area contributed by atoms with Crippen LogP contribution in [0.15, 0.2) is 24.3 Å². The van der Waals surface area contributed by atoms with E-state index in [0.717, 1.165) is 0 Å². The molecule has 1 aromatic rings. The van der Waals surface area contributed by atoms with Gasteiger partial charge in [-0.1, -0.05) is 95.9 Å². The Labute approximate surface area is 149 Å². The predicted octanol–water partition coefficient (Wildman–Crippen LogP) is 6.22. The van der Waals surface area contributed by atoms with E-state index in [0.29, 0.717) is 19.1 Å². The van der Waals surface area contributed by atoms with E-state index in [4.69, 9.17) is 9.84 Å². The quantitative estimate of drug-likeness (QED) is 0.386. The smallest absolute Gasteiger partial charge is 0.0718 e. The molecule has 24 heavy (non-hydrogen) atoms. The van der Waals surface area contributed by atoms with Gasteiger partial charge in [0.15, 0.2) is 0 Å². The van der Waals surface area contributed by atoms with Crippen LogP contribution in [0.4, 0.5) is 0 Å². The minimum Gasteiger partial charge on any atom is -0.394 e. The standard InChI is InChI=1S/C22H38O2/c1-3-4-5-6-7-8-9-10-11-12-20(2)22-15-13-21(14-16-22)19-24-18-17-23/h13-16,20,23H,3-12,17-19H2,1-2H3. The van der Waals surface area contributed by atoms with Gasteiger partial charge in [0.2, 0.25) is 0 Å². The molecule has 2 nitrogen and oxygen atoms in total. The molecule has 0 aliphatic rings. The van der Waals surface area contributed by atoms with Gasteiger partial charge in [0.05, 0.1) is 19.8 Å². The second-order valence-corrected chi connectivity index (χ2v) is 7.04. The maximum absolute atomic E-state index is 8.72. The summed E-state index contributed by atoms with van der Waals surface area (Å²) >= 11 is 0. The number of aliphatic hydroxyl groups excluding tert-OH is 1. The lowest BCUT2D eigenvalue weighted by Gasteiger charge is -2.12. The maximum Gasteiger partial charge on any atom is 0.0718 e. The zero-order valence-electron chi connectivity index (χ0n) is 15.9. The van der Waals surface area contributed by atoms with Crippen LogP contribution in [0.3, 0.4) is 0 Å². The summed E-state index contributed by atoms with van der Waals surface area (Å²) in [7, 11) is 0. The Balaban J connectivity index is 2.09. The fraction of sp³-hybridized carbons (Fsp3) is 0.727. The highest BCUT2D eigenvalue weighted by Crippen LogP contribution is 2.23. The number of hydrogen-bond acceptors (Lipinski definition) is 2. The molecule has 0 heterocycles. The molecule has 1 atom stereocenters. The summed E-state index contributed by atoms with van der Waals surface area (Å²) in [4.78, 5) is 0. The van der Waals surface area contributed by atoms with Crippen molar-refractivity contribution in [2.24, 2.45) is 0 Å². The van der Waals surface area contributed by atoms with E-state index in [-0.39, 0.29) is 6.61 Å². The van der Waals surface area contributed by atoms with Gasteiger partial charge in [0.25, 0.3) is 0 Å². The van der Waals surface area contributed by atoms with Crippen molar-refractivity contribution in [3.63, 3.8) is 0 Å². The maximum atomic E-state index is 8.72. The molecule has 0 aromatic heterocycles. The lowest BCUT2D eigenvalue weighted by atomic mass is 9.94. The number of benzene rings is 1. The predicted molar refractivity (Wildman–Crippen MR) is 103 cm³/mol. The fourth-order valence-electron chi connectivity index (χ4n) is 3.12. The summed E-state index contributed by atoms with van der Waals surface area (Å²) in [6, 6.07) is 8.77. The lowest BCUT2D eigenvalue weighted by Crippen LogP contribution is -2.00. The van der Waals surface area contributed by atoms with Gasteiger partial charge >= 0.3 is 0 Å². The van der Waals surface area contributed by atoms with Crippen LogP contribution in [-0.2, 0) is 11.3 Å². The van der Waals surface area contributed by atoms with Gasteiger partial charge in [-0.15, -0.1) is 0 Å². The van der Waals surface area contributed by atoms with E-state index in [2.05, 4.69) is 38.1 Å². The first-order valence-corrected chi connectivity index (χ1v) is 10.0. The average molecular weight is 335 g/mol. The summed E-state index contributed by atoms with van der Waals surface area (Å²) in [5.74, 6) is 0.641. The molecule has 0 spiro atoms. The SMILES string of the molecule is CCCCCCCCCCCC(C)c1ccc(COCCO)cc1. The Kier molecular flexibility index (Phi) is 12.8. The highest BCUT2D eigenvalue weighted by atomic mass is 16.5. The third kappa shape index (κ3) is 10.1. The van der Waals surface area contributed by atoms with Crippen molar-refractivity contribution in [2.75, 3.05) is 13.2 Å². The Bertz CT molecular complexity index is 385. The van der Waals surface area contributed by atoms with Gasteiger partial charge in [-0.3, -0.25) is 0 Å². The summed E-state index contributed by atoms with van der Waals surface area (Å²) in [6.45, 7) is 5.71. The van der Waals surface area contributed by atoms with Crippen LogP contribution in [0.25, 0.3) is 0 Å². The van der Waals surface area contributed by atoms with Gasteiger partial charge in [-0.2, -0.15) is 0 Å². The Morgan fingerprint density at radius 2 is 1.46 bits per heavy atom. The van der Waals surface area contributed by atoms with Crippen molar-refractivity contribution in [3.8, 4) is 0 Å². The van der Waals surface area contributed by atoms with Crippen LogP contribution >= 0.6 is 0 Å². The molecule has 1 rings (SSSR count). The molecule has 0 saturated heterocycles. The molecule has 138 valence electrons. The van der Waals surface area contributed by atoms with Gasteiger partial charge in [0.1, 0.15) is 0 Å². The molecule has 0 bridgehead atoms. The summed E-state index contributed by atoms with van der Waals surface area (Å²) in [6.07, 6.45) is 13.9. The molecule has 1 unspecified atom stereocenters. The molecule has 1 aromatic carbocycles. The normalized spacial score (nSPS) is 12.5.